The van der Waals surface area contributed by atoms with E-state index in [4.69, 9.17) is 0 Å². The highest BCUT2D eigenvalue weighted by Crippen LogP contribution is 2.30. The molecule has 3 saturated heterocycles. The van der Waals surface area contributed by atoms with Crippen LogP contribution in [0.4, 0.5) is 0 Å². The Bertz CT molecular complexity index is 824. The van der Waals surface area contributed by atoms with Gasteiger partial charge in [-0.2, -0.15) is 0 Å². The number of pyridine rings is 1. The van der Waals surface area contributed by atoms with Crippen molar-refractivity contribution in [3.8, 4) is 5.75 Å². The Morgan fingerprint density at radius 1 is 1.00 bits per heavy atom. The molecule has 2 atom stereocenters. The van der Waals surface area contributed by atoms with Crippen molar-refractivity contribution in [2.75, 3.05) is 19.6 Å². The van der Waals surface area contributed by atoms with Gasteiger partial charge in [-0.15, -0.1) is 0 Å². The molecule has 3 aliphatic heterocycles. The largest absolute Gasteiger partial charge is 0.508 e. The number of phenols is 1. The zero-order valence-corrected chi connectivity index (χ0v) is 14.4. The lowest BCUT2D eigenvalue weighted by molar-refractivity contribution is 0.0574. The van der Waals surface area contributed by atoms with E-state index in [9.17, 15) is 14.7 Å². The van der Waals surface area contributed by atoms with Crippen molar-refractivity contribution in [1.82, 2.24) is 14.8 Å². The van der Waals surface area contributed by atoms with Gasteiger partial charge in [0.1, 0.15) is 5.75 Å². The van der Waals surface area contributed by atoms with Gasteiger partial charge in [-0.25, -0.2) is 0 Å². The van der Waals surface area contributed by atoms with Crippen LogP contribution in [0.15, 0.2) is 48.8 Å². The summed E-state index contributed by atoms with van der Waals surface area (Å²) >= 11 is 0. The fourth-order valence-corrected chi connectivity index (χ4v) is 3.97. The Morgan fingerprint density at radius 2 is 1.85 bits per heavy atom. The molecule has 0 spiro atoms. The van der Waals surface area contributed by atoms with Crippen LogP contribution in [0.1, 0.15) is 33.6 Å². The summed E-state index contributed by atoms with van der Waals surface area (Å²) in [5.74, 6) is 0.257. The van der Waals surface area contributed by atoms with E-state index >= 15 is 0 Å². The molecule has 2 amide bonds. The van der Waals surface area contributed by atoms with Crippen LogP contribution in [-0.2, 0) is 0 Å². The molecule has 0 saturated carbocycles. The summed E-state index contributed by atoms with van der Waals surface area (Å²) in [5, 5.41) is 9.66. The van der Waals surface area contributed by atoms with Gasteiger partial charge in [0.2, 0.25) is 0 Å². The number of aromatic hydroxyl groups is 1. The third-order valence-corrected chi connectivity index (χ3v) is 5.26. The first-order chi connectivity index (χ1) is 12.6. The second-order valence-corrected chi connectivity index (χ2v) is 7.06. The van der Waals surface area contributed by atoms with Crippen LogP contribution in [0.3, 0.4) is 0 Å². The van der Waals surface area contributed by atoms with E-state index < -0.39 is 0 Å². The van der Waals surface area contributed by atoms with Crippen LogP contribution in [0.25, 0.3) is 0 Å². The summed E-state index contributed by atoms with van der Waals surface area (Å²) in [6, 6.07) is 9.99. The van der Waals surface area contributed by atoms with E-state index in [1.165, 1.54) is 6.07 Å². The monoisotopic (exact) mass is 351 g/mol. The minimum atomic E-state index is -0.0775. The maximum Gasteiger partial charge on any atom is 0.255 e. The molecule has 0 radical (unpaired) electrons. The molecule has 0 aliphatic carbocycles. The van der Waals surface area contributed by atoms with E-state index in [2.05, 4.69) is 4.98 Å². The predicted molar refractivity (Wildman–Crippen MR) is 95.8 cm³/mol. The number of carbonyl (C=O) groups is 2. The van der Waals surface area contributed by atoms with E-state index in [0.29, 0.717) is 30.8 Å². The lowest BCUT2D eigenvalue weighted by atomic mass is 9.94. The first-order valence-electron chi connectivity index (χ1n) is 8.91. The smallest absolute Gasteiger partial charge is 0.255 e. The molecule has 26 heavy (non-hydrogen) atoms. The van der Waals surface area contributed by atoms with Gasteiger partial charge in [0.05, 0.1) is 5.56 Å². The molecule has 2 aromatic rings. The van der Waals surface area contributed by atoms with Crippen LogP contribution in [-0.4, -0.2) is 57.4 Å². The molecule has 3 aliphatic rings. The number of rotatable bonds is 2. The molecule has 1 aromatic heterocycles. The van der Waals surface area contributed by atoms with Crippen molar-refractivity contribution < 1.29 is 14.7 Å². The minimum Gasteiger partial charge on any atom is -0.508 e. The minimum absolute atomic E-state index is 0.00391. The van der Waals surface area contributed by atoms with Gasteiger partial charge >= 0.3 is 0 Å². The van der Waals surface area contributed by atoms with Crippen molar-refractivity contribution in [2.45, 2.75) is 18.9 Å². The summed E-state index contributed by atoms with van der Waals surface area (Å²) in [6.45, 7) is 1.85. The van der Waals surface area contributed by atoms with Gasteiger partial charge in [0.25, 0.3) is 11.8 Å². The lowest BCUT2D eigenvalue weighted by Gasteiger charge is -2.36. The molecule has 4 heterocycles. The molecule has 5 rings (SSSR count). The van der Waals surface area contributed by atoms with Gasteiger partial charge < -0.3 is 14.9 Å². The number of hydrogen-bond acceptors (Lipinski definition) is 4. The maximum atomic E-state index is 12.9. The van der Waals surface area contributed by atoms with Gasteiger partial charge in [-0.05, 0) is 49.1 Å². The van der Waals surface area contributed by atoms with Crippen LogP contribution in [0, 0.1) is 5.92 Å². The average Bonchev–Trinajstić information content (AvgIpc) is 2.99. The van der Waals surface area contributed by atoms with Crippen LogP contribution in [0.2, 0.25) is 0 Å². The molecule has 6 nitrogen and oxygen atoms in total. The number of aromatic nitrogens is 1. The van der Waals surface area contributed by atoms with Crippen LogP contribution >= 0.6 is 0 Å². The zero-order valence-electron chi connectivity index (χ0n) is 14.4. The Hall–Kier alpha value is -2.89. The van der Waals surface area contributed by atoms with Crippen molar-refractivity contribution >= 4 is 11.8 Å². The number of carbonyl (C=O) groups excluding carboxylic acids is 2. The number of benzene rings is 1. The zero-order chi connectivity index (χ0) is 18.1. The number of hydrogen-bond donors (Lipinski definition) is 1. The van der Waals surface area contributed by atoms with E-state index in [0.717, 1.165) is 12.8 Å². The van der Waals surface area contributed by atoms with Gasteiger partial charge in [-0.1, -0.05) is 6.07 Å². The molecular weight excluding hydrogens is 330 g/mol. The normalized spacial score (nSPS) is 22.2. The number of nitrogens with zero attached hydrogens (tertiary/aromatic N) is 3. The Labute approximate surface area is 152 Å². The fourth-order valence-electron chi connectivity index (χ4n) is 3.97. The van der Waals surface area contributed by atoms with Crippen molar-refractivity contribution in [3.63, 3.8) is 0 Å². The van der Waals surface area contributed by atoms with Gasteiger partial charge in [-0.3, -0.25) is 14.6 Å². The quantitative estimate of drug-likeness (QED) is 0.900. The van der Waals surface area contributed by atoms with Gasteiger partial charge in [0, 0.05) is 43.6 Å². The molecule has 134 valence electrons. The Kier molecular flexibility index (Phi) is 4.32. The average molecular weight is 351 g/mol. The van der Waals surface area contributed by atoms with Crippen LogP contribution < -0.4 is 0 Å². The van der Waals surface area contributed by atoms with E-state index in [-0.39, 0.29) is 29.5 Å². The molecule has 3 fully saturated rings. The molecular formula is C20H21N3O3. The SMILES string of the molecule is O=C(c1cccnc1)N1C[C@@H]2CC[C@H](C1)N(C(=O)c1cccc(O)c1)C2. The lowest BCUT2D eigenvalue weighted by Crippen LogP contribution is -2.47. The summed E-state index contributed by atoms with van der Waals surface area (Å²) in [6.07, 6.45) is 5.15. The summed E-state index contributed by atoms with van der Waals surface area (Å²) in [4.78, 5) is 33.5. The topological polar surface area (TPSA) is 73.7 Å². The van der Waals surface area contributed by atoms with Gasteiger partial charge in [0.15, 0.2) is 0 Å². The first kappa shape index (κ1) is 16.6. The Morgan fingerprint density at radius 3 is 2.62 bits per heavy atom. The predicted octanol–water partition coefficient (Wildman–Crippen LogP) is 2.16. The fraction of sp³-hybridized carbons (Fsp3) is 0.350. The first-order valence-corrected chi connectivity index (χ1v) is 8.91. The highest BCUT2D eigenvalue weighted by atomic mass is 16.3. The number of phenolic OH excluding ortho intramolecular Hbond substituents is 1. The van der Waals surface area contributed by atoms with Crippen molar-refractivity contribution in [2.24, 2.45) is 5.92 Å². The third kappa shape index (κ3) is 3.14. The summed E-state index contributed by atoms with van der Waals surface area (Å²) in [7, 11) is 0. The molecule has 6 heteroatoms. The molecule has 1 N–H and O–H groups in total. The number of fused-ring (bicyclic) bond motifs is 4. The summed E-state index contributed by atoms with van der Waals surface area (Å²) in [5.41, 5.74) is 1.07. The van der Waals surface area contributed by atoms with E-state index in [1.54, 1.807) is 42.7 Å². The second-order valence-electron chi connectivity index (χ2n) is 7.06. The third-order valence-electron chi connectivity index (χ3n) is 5.26. The van der Waals surface area contributed by atoms with Crippen LogP contribution in [0.5, 0.6) is 5.75 Å². The molecule has 2 bridgehead atoms. The standard InChI is InChI=1S/C20H21N3O3/c24-18-5-1-3-15(9-18)20(26)23-12-14-6-7-17(23)13-22(11-14)19(25)16-4-2-8-21-10-16/h1-5,8-10,14,17,24H,6-7,11-13H2/t14-,17+/m0/s1. The molecule has 0 unspecified atom stereocenters. The maximum absolute atomic E-state index is 12.9. The number of amides is 2. The Balaban J connectivity index is 1.55. The number of piperidine rings is 1. The van der Waals surface area contributed by atoms with E-state index in [1.807, 2.05) is 9.80 Å². The highest BCUT2D eigenvalue weighted by Gasteiger charge is 2.39. The summed E-state index contributed by atoms with van der Waals surface area (Å²) < 4.78 is 0. The molecule has 1 aromatic carbocycles. The second kappa shape index (κ2) is 6.78. The van der Waals surface area contributed by atoms with Crippen molar-refractivity contribution in [3.05, 3.63) is 59.9 Å². The highest BCUT2D eigenvalue weighted by molar-refractivity contribution is 5.96. The van der Waals surface area contributed by atoms with Crippen molar-refractivity contribution in [1.29, 1.82) is 0 Å².